The monoisotopic (exact) mass is 406 g/mol. The van der Waals surface area contributed by atoms with Gasteiger partial charge in [0.05, 0.1) is 11.8 Å². The van der Waals surface area contributed by atoms with Gasteiger partial charge in [-0.25, -0.2) is 9.50 Å². The number of hydrogen-bond donors (Lipinski definition) is 3. The molecule has 0 aliphatic heterocycles. The van der Waals surface area contributed by atoms with Crippen LogP contribution in [-0.4, -0.2) is 41.0 Å². The number of imidazole rings is 1. The number of hydrogen-bond acceptors (Lipinski definition) is 5. The Balaban J connectivity index is 1.27. The van der Waals surface area contributed by atoms with Crippen LogP contribution >= 0.6 is 0 Å². The summed E-state index contributed by atoms with van der Waals surface area (Å²) in [4.78, 5) is 4.53. The lowest BCUT2D eigenvalue weighted by molar-refractivity contribution is -0.115. The van der Waals surface area contributed by atoms with E-state index in [-0.39, 0.29) is 11.0 Å². The molecular weight excluding hydrogens is 376 g/mol. The Kier molecular flexibility index (Phi) is 3.71. The maximum absolute atomic E-state index is 10.7. The lowest BCUT2D eigenvalue weighted by atomic mass is 9.52. The highest BCUT2D eigenvalue weighted by Gasteiger charge is 2.54. The average Bonchev–Trinajstić information content (AvgIpc) is 3.32. The van der Waals surface area contributed by atoms with Crippen LogP contribution in [0, 0.1) is 5.41 Å². The first-order chi connectivity index (χ1) is 14.4. The first-order valence-electron chi connectivity index (χ1n) is 11.3. The lowest BCUT2D eigenvalue weighted by Crippen LogP contribution is -2.57. The van der Waals surface area contributed by atoms with Crippen LogP contribution in [0.5, 0.6) is 0 Å². The molecule has 3 N–H and O–H groups in total. The number of rotatable bonds is 5. The number of nitrogens with one attached hydrogen (secondary N) is 2. The Morgan fingerprint density at radius 3 is 2.53 bits per heavy atom. The van der Waals surface area contributed by atoms with Crippen molar-refractivity contribution in [1.29, 1.82) is 0 Å². The lowest BCUT2D eigenvalue weighted by Gasteiger charge is -2.58. The fraction of sp³-hybridized carbons (Fsp3) is 0.609. The zero-order valence-electron chi connectivity index (χ0n) is 17.8. The summed E-state index contributed by atoms with van der Waals surface area (Å²) in [6.45, 7) is 3.97. The highest BCUT2D eigenvalue weighted by molar-refractivity contribution is 5.61. The minimum Gasteiger partial charge on any atom is -0.390 e. The third kappa shape index (κ3) is 2.78. The highest BCUT2D eigenvalue weighted by atomic mass is 16.3. The number of aromatic amines is 1. The largest absolute Gasteiger partial charge is 0.390 e. The Hall–Kier alpha value is -2.41. The first kappa shape index (κ1) is 18.4. The van der Waals surface area contributed by atoms with Crippen molar-refractivity contribution in [1.82, 2.24) is 24.8 Å². The molecule has 2 bridgehead atoms. The maximum atomic E-state index is 10.7. The van der Waals surface area contributed by atoms with Gasteiger partial charge in [0.1, 0.15) is 17.2 Å². The van der Waals surface area contributed by atoms with Gasteiger partial charge in [-0.2, -0.15) is 5.10 Å². The second kappa shape index (κ2) is 6.06. The van der Waals surface area contributed by atoms with E-state index in [0.717, 1.165) is 61.4 Å². The number of nitrogens with zero attached hydrogens (tertiary/aromatic N) is 4. The van der Waals surface area contributed by atoms with E-state index < -0.39 is 5.60 Å². The minimum atomic E-state index is -0.606. The molecule has 4 aliphatic carbocycles. The Morgan fingerprint density at radius 1 is 1.13 bits per heavy atom. The van der Waals surface area contributed by atoms with Gasteiger partial charge in [0.2, 0.25) is 0 Å². The van der Waals surface area contributed by atoms with Crippen molar-refractivity contribution in [2.45, 2.75) is 82.3 Å². The molecule has 0 atom stereocenters. The third-order valence-electron chi connectivity index (χ3n) is 8.18. The predicted octanol–water partition coefficient (Wildman–Crippen LogP) is 4.27. The van der Waals surface area contributed by atoms with Crippen molar-refractivity contribution >= 4 is 11.5 Å². The Labute approximate surface area is 176 Å². The van der Waals surface area contributed by atoms with Crippen LogP contribution in [0.4, 0.5) is 5.82 Å². The normalized spacial score (nSPS) is 28.9. The molecule has 0 unspecified atom stereocenters. The molecule has 3 aromatic heterocycles. The van der Waals surface area contributed by atoms with Gasteiger partial charge in [-0.3, -0.25) is 5.10 Å². The SMILES string of the molecule is CC(C)(O)C12CCC(Nc3ccc4ncc(-c5cc(C6CC6)[nH]n5)n4n3)(CC1)CC2. The van der Waals surface area contributed by atoms with Crippen molar-refractivity contribution in [2.75, 3.05) is 5.32 Å². The summed E-state index contributed by atoms with van der Waals surface area (Å²) in [6, 6.07) is 6.20. The molecule has 7 nitrogen and oxygen atoms in total. The van der Waals surface area contributed by atoms with Crippen LogP contribution in [0.1, 0.15) is 76.8 Å². The van der Waals surface area contributed by atoms with Crippen molar-refractivity contribution in [3.8, 4) is 11.4 Å². The summed E-state index contributed by atoms with van der Waals surface area (Å²) in [5.41, 5.74) is 3.42. The van der Waals surface area contributed by atoms with E-state index >= 15 is 0 Å². The number of aliphatic hydroxyl groups is 1. The molecule has 4 aliphatic rings. The molecule has 0 aromatic carbocycles. The van der Waals surface area contributed by atoms with E-state index in [1.807, 2.05) is 36.7 Å². The van der Waals surface area contributed by atoms with Crippen molar-refractivity contribution in [2.24, 2.45) is 5.41 Å². The second-order valence-electron chi connectivity index (χ2n) is 10.4. The van der Waals surface area contributed by atoms with E-state index in [1.165, 1.54) is 18.5 Å². The van der Waals surface area contributed by atoms with Crippen molar-refractivity contribution in [3.63, 3.8) is 0 Å². The van der Waals surface area contributed by atoms with Gasteiger partial charge in [0, 0.05) is 17.2 Å². The number of fused-ring (bicyclic) bond motifs is 4. The van der Waals surface area contributed by atoms with Gasteiger partial charge in [-0.15, -0.1) is 5.10 Å². The van der Waals surface area contributed by atoms with E-state index in [4.69, 9.17) is 5.10 Å². The van der Waals surface area contributed by atoms with Crippen molar-refractivity contribution in [3.05, 3.63) is 30.1 Å². The van der Waals surface area contributed by atoms with Gasteiger partial charge < -0.3 is 10.4 Å². The van der Waals surface area contributed by atoms with Gasteiger partial charge in [-0.1, -0.05) is 0 Å². The van der Waals surface area contributed by atoms with Crippen molar-refractivity contribution < 1.29 is 5.11 Å². The molecule has 0 saturated heterocycles. The topological polar surface area (TPSA) is 91.1 Å². The van der Waals surface area contributed by atoms with Crippen LogP contribution in [-0.2, 0) is 0 Å². The molecule has 3 heterocycles. The van der Waals surface area contributed by atoms with Gasteiger partial charge >= 0.3 is 0 Å². The van der Waals surface area contributed by atoms with Crippen LogP contribution in [0.25, 0.3) is 17.0 Å². The second-order valence-corrected chi connectivity index (χ2v) is 10.4. The summed E-state index contributed by atoms with van der Waals surface area (Å²) in [5, 5.41) is 27.1. The number of anilines is 1. The molecule has 4 saturated carbocycles. The quantitative estimate of drug-likeness (QED) is 0.588. The summed E-state index contributed by atoms with van der Waals surface area (Å²) in [7, 11) is 0. The predicted molar refractivity (Wildman–Crippen MR) is 115 cm³/mol. The summed E-state index contributed by atoms with van der Waals surface area (Å²) >= 11 is 0. The molecular formula is C23H30N6O. The van der Waals surface area contributed by atoms with Crippen LogP contribution < -0.4 is 5.32 Å². The highest BCUT2D eigenvalue weighted by Crippen LogP contribution is 2.57. The molecule has 7 heteroatoms. The molecule has 0 spiro atoms. The average molecular weight is 407 g/mol. The number of aromatic nitrogens is 5. The smallest absolute Gasteiger partial charge is 0.154 e. The van der Waals surface area contributed by atoms with Gasteiger partial charge in [0.25, 0.3) is 0 Å². The van der Waals surface area contributed by atoms with E-state index in [9.17, 15) is 5.11 Å². The zero-order chi connectivity index (χ0) is 20.6. The molecule has 30 heavy (non-hydrogen) atoms. The Bertz CT molecular complexity index is 1080. The fourth-order valence-electron chi connectivity index (χ4n) is 5.75. The fourth-order valence-corrected chi connectivity index (χ4v) is 5.75. The summed E-state index contributed by atoms with van der Waals surface area (Å²) in [6.07, 6.45) is 10.8. The van der Waals surface area contributed by atoms with Crippen LogP contribution in [0.2, 0.25) is 0 Å². The summed E-state index contributed by atoms with van der Waals surface area (Å²) < 4.78 is 1.90. The van der Waals surface area contributed by atoms with Gasteiger partial charge in [-0.05, 0) is 88.8 Å². The van der Waals surface area contributed by atoms with Crippen LogP contribution in [0.3, 0.4) is 0 Å². The first-order valence-corrected chi connectivity index (χ1v) is 11.3. The molecule has 0 amide bonds. The molecule has 7 rings (SSSR count). The molecule has 0 radical (unpaired) electrons. The molecule has 158 valence electrons. The minimum absolute atomic E-state index is 0.0740. The Morgan fingerprint density at radius 2 is 1.87 bits per heavy atom. The van der Waals surface area contributed by atoms with Gasteiger partial charge in [0.15, 0.2) is 5.65 Å². The maximum Gasteiger partial charge on any atom is 0.154 e. The number of H-pyrrole nitrogens is 1. The zero-order valence-corrected chi connectivity index (χ0v) is 17.8. The van der Waals surface area contributed by atoms with Crippen LogP contribution in [0.15, 0.2) is 24.4 Å². The van der Waals surface area contributed by atoms with E-state index in [2.05, 4.69) is 26.6 Å². The molecule has 4 fully saturated rings. The third-order valence-corrected chi connectivity index (χ3v) is 8.18. The van der Waals surface area contributed by atoms with E-state index in [0.29, 0.717) is 5.92 Å². The van der Waals surface area contributed by atoms with E-state index in [1.54, 1.807) is 0 Å². The summed E-state index contributed by atoms with van der Waals surface area (Å²) in [5.74, 6) is 1.53. The molecule has 3 aromatic rings. The standard InChI is InChI=1S/C23H30N6O/c1-21(2,30)22-7-10-23(11-8-22,12-9-22)25-19-5-6-20-24-14-18(29(20)28-19)17-13-16(26-27-17)15-3-4-15/h5-6,13-15,30H,3-4,7-12H2,1-2H3,(H,25,28)(H,26,27).